The molecule has 0 spiro atoms. The zero-order valence-corrected chi connectivity index (χ0v) is 13.9. The van der Waals surface area contributed by atoms with E-state index in [1.54, 1.807) is 20.8 Å². The molecule has 0 aliphatic carbocycles. The molecular formula is C15H17N3O4S. The van der Waals surface area contributed by atoms with E-state index in [-0.39, 0.29) is 17.2 Å². The van der Waals surface area contributed by atoms with Gasteiger partial charge in [-0.2, -0.15) is 0 Å². The van der Waals surface area contributed by atoms with E-state index in [1.807, 2.05) is 18.2 Å². The maximum absolute atomic E-state index is 12.3. The third-order valence-electron chi connectivity index (χ3n) is 3.50. The molecule has 0 aliphatic heterocycles. The Hall–Kier alpha value is -2.19. The predicted octanol–water partition coefficient (Wildman–Crippen LogP) is 2.26. The molecule has 8 heteroatoms. The van der Waals surface area contributed by atoms with Crippen LogP contribution in [0.5, 0.6) is 0 Å². The van der Waals surface area contributed by atoms with Gasteiger partial charge < -0.3 is 8.94 Å². The molecule has 3 rings (SSSR count). The van der Waals surface area contributed by atoms with Gasteiger partial charge in [-0.1, -0.05) is 11.2 Å². The van der Waals surface area contributed by atoms with Crippen molar-refractivity contribution in [2.24, 2.45) is 0 Å². The Kier molecular flexibility index (Phi) is 3.95. The predicted molar refractivity (Wildman–Crippen MR) is 83.6 cm³/mol. The Morgan fingerprint density at radius 3 is 2.70 bits per heavy atom. The number of nitrogens with one attached hydrogen (secondary N) is 1. The number of hydrogen-bond acceptors (Lipinski definition) is 6. The first-order valence-electron chi connectivity index (χ1n) is 7.15. The summed E-state index contributed by atoms with van der Waals surface area (Å²) >= 11 is 0. The largest absolute Gasteiger partial charge is 0.441 e. The van der Waals surface area contributed by atoms with Crippen LogP contribution in [0.1, 0.15) is 22.9 Å². The number of nitrogens with zero attached hydrogens (tertiary/aromatic N) is 2. The highest BCUT2D eigenvalue weighted by Crippen LogP contribution is 2.19. The molecule has 0 amide bonds. The first-order valence-corrected chi connectivity index (χ1v) is 8.64. The van der Waals surface area contributed by atoms with Crippen molar-refractivity contribution in [2.45, 2.75) is 32.1 Å². The van der Waals surface area contributed by atoms with Crippen LogP contribution in [0, 0.1) is 20.8 Å². The van der Waals surface area contributed by atoms with Crippen LogP contribution in [-0.2, 0) is 16.4 Å². The summed E-state index contributed by atoms with van der Waals surface area (Å²) in [6, 6.07) is 5.65. The van der Waals surface area contributed by atoms with Crippen LogP contribution in [0.15, 0.2) is 32.0 Å². The average Bonchev–Trinajstić information content (AvgIpc) is 3.00. The quantitative estimate of drug-likeness (QED) is 0.768. The van der Waals surface area contributed by atoms with Crippen molar-refractivity contribution in [3.05, 3.63) is 41.1 Å². The van der Waals surface area contributed by atoms with Gasteiger partial charge in [-0.15, -0.1) is 0 Å². The summed E-state index contributed by atoms with van der Waals surface area (Å²) in [7, 11) is -3.63. The van der Waals surface area contributed by atoms with Gasteiger partial charge in [0.1, 0.15) is 16.1 Å². The molecular weight excluding hydrogens is 318 g/mol. The lowest BCUT2D eigenvalue weighted by atomic mass is 10.1. The zero-order valence-electron chi connectivity index (χ0n) is 13.1. The summed E-state index contributed by atoms with van der Waals surface area (Å²) in [5, 5.41) is 3.67. The van der Waals surface area contributed by atoms with Crippen LogP contribution in [0.3, 0.4) is 0 Å². The molecule has 7 nitrogen and oxygen atoms in total. The van der Waals surface area contributed by atoms with Crippen molar-refractivity contribution in [3.63, 3.8) is 0 Å². The third-order valence-corrected chi connectivity index (χ3v) is 5.21. The number of aromatic nitrogens is 2. The van der Waals surface area contributed by atoms with Crippen LogP contribution < -0.4 is 4.72 Å². The van der Waals surface area contributed by atoms with Crippen molar-refractivity contribution in [3.8, 4) is 0 Å². The van der Waals surface area contributed by atoms with Gasteiger partial charge >= 0.3 is 0 Å². The van der Waals surface area contributed by atoms with Crippen molar-refractivity contribution in [1.29, 1.82) is 0 Å². The molecule has 122 valence electrons. The molecule has 2 aromatic heterocycles. The summed E-state index contributed by atoms with van der Waals surface area (Å²) in [4.78, 5) is 4.34. The molecule has 0 radical (unpaired) electrons. The van der Waals surface area contributed by atoms with Crippen LogP contribution >= 0.6 is 0 Å². The normalized spacial score (nSPS) is 12.1. The van der Waals surface area contributed by atoms with E-state index in [0.717, 1.165) is 11.1 Å². The molecule has 0 unspecified atom stereocenters. The van der Waals surface area contributed by atoms with Crippen LogP contribution in [0.2, 0.25) is 0 Å². The first-order chi connectivity index (χ1) is 10.9. The van der Waals surface area contributed by atoms with E-state index in [0.29, 0.717) is 23.6 Å². The number of oxazole rings is 1. The van der Waals surface area contributed by atoms with Crippen molar-refractivity contribution in [2.75, 3.05) is 6.54 Å². The molecule has 0 aliphatic rings. The smallest absolute Gasteiger partial charge is 0.245 e. The van der Waals surface area contributed by atoms with Gasteiger partial charge in [0.25, 0.3) is 0 Å². The lowest BCUT2D eigenvalue weighted by molar-refractivity contribution is 0.390. The Labute approximate surface area is 133 Å². The summed E-state index contributed by atoms with van der Waals surface area (Å²) in [5.74, 6) is 0.893. The topological polar surface area (TPSA) is 98.2 Å². The molecule has 0 saturated heterocycles. The second-order valence-corrected chi connectivity index (χ2v) is 7.04. The van der Waals surface area contributed by atoms with E-state index >= 15 is 0 Å². The lowest BCUT2D eigenvalue weighted by Gasteiger charge is -2.06. The second-order valence-electron chi connectivity index (χ2n) is 5.34. The number of benzene rings is 1. The van der Waals surface area contributed by atoms with Crippen LogP contribution in [0.4, 0.5) is 0 Å². The molecule has 0 fully saturated rings. The summed E-state index contributed by atoms with van der Waals surface area (Å²) in [5.41, 5.74) is 2.82. The molecule has 23 heavy (non-hydrogen) atoms. The molecule has 0 saturated carbocycles. The fraction of sp³-hybridized carbons (Fsp3) is 0.333. The minimum atomic E-state index is -3.63. The van der Waals surface area contributed by atoms with E-state index in [1.165, 1.54) is 0 Å². The summed E-state index contributed by atoms with van der Waals surface area (Å²) < 4.78 is 37.6. The first kappa shape index (κ1) is 15.7. The maximum atomic E-state index is 12.3. The second kappa shape index (κ2) is 5.78. The van der Waals surface area contributed by atoms with Gasteiger partial charge in [-0.3, -0.25) is 0 Å². The van der Waals surface area contributed by atoms with E-state index in [9.17, 15) is 8.42 Å². The van der Waals surface area contributed by atoms with Crippen molar-refractivity contribution in [1.82, 2.24) is 14.9 Å². The standard InChI is InChI=1S/C15H17N3O4S/c1-9-15(10(2)22-18-9)23(19,20)16-7-6-12-4-5-13-14(8-12)21-11(3)17-13/h4-5,8,16H,6-7H2,1-3H3. The van der Waals surface area contributed by atoms with Crippen molar-refractivity contribution >= 4 is 21.1 Å². The highest BCUT2D eigenvalue weighted by molar-refractivity contribution is 7.89. The molecule has 0 atom stereocenters. The van der Waals surface area contributed by atoms with E-state index < -0.39 is 10.0 Å². The average molecular weight is 335 g/mol. The molecule has 1 aromatic carbocycles. The Bertz CT molecular complexity index is 937. The molecule has 0 bridgehead atoms. The molecule has 3 aromatic rings. The Balaban J connectivity index is 1.70. The highest BCUT2D eigenvalue weighted by atomic mass is 32.2. The van der Waals surface area contributed by atoms with Crippen LogP contribution in [0.25, 0.3) is 11.1 Å². The van der Waals surface area contributed by atoms with Gasteiger partial charge in [0.15, 0.2) is 17.2 Å². The molecule has 2 heterocycles. The van der Waals surface area contributed by atoms with Gasteiger partial charge in [0.2, 0.25) is 10.0 Å². The fourth-order valence-electron chi connectivity index (χ4n) is 2.50. The Morgan fingerprint density at radius 1 is 1.22 bits per heavy atom. The number of rotatable bonds is 5. The minimum absolute atomic E-state index is 0.110. The van der Waals surface area contributed by atoms with Gasteiger partial charge in [0, 0.05) is 13.5 Å². The highest BCUT2D eigenvalue weighted by Gasteiger charge is 2.23. The minimum Gasteiger partial charge on any atom is -0.441 e. The summed E-state index contributed by atoms with van der Waals surface area (Å²) in [6.07, 6.45) is 0.540. The fourth-order valence-corrected chi connectivity index (χ4v) is 3.86. The van der Waals surface area contributed by atoms with E-state index in [4.69, 9.17) is 8.94 Å². The van der Waals surface area contributed by atoms with Gasteiger partial charge in [0.05, 0.1) is 0 Å². The van der Waals surface area contributed by atoms with Crippen molar-refractivity contribution < 1.29 is 17.4 Å². The number of sulfonamides is 1. The summed E-state index contributed by atoms with van der Waals surface area (Å²) in [6.45, 7) is 5.24. The SMILES string of the molecule is Cc1nc2ccc(CCNS(=O)(=O)c3c(C)noc3C)cc2o1. The maximum Gasteiger partial charge on any atom is 0.245 e. The number of hydrogen-bond donors (Lipinski definition) is 1. The Morgan fingerprint density at radius 2 is 2.00 bits per heavy atom. The molecule has 1 N–H and O–H groups in total. The van der Waals surface area contributed by atoms with Crippen LogP contribution in [-0.4, -0.2) is 25.1 Å². The number of fused-ring (bicyclic) bond motifs is 1. The monoisotopic (exact) mass is 335 g/mol. The number of aryl methyl sites for hydroxylation is 3. The third kappa shape index (κ3) is 3.13. The lowest BCUT2D eigenvalue weighted by Crippen LogP contribution is -2.26. The van der Waals surface area contributed by atoms with Gasteiger partial charge in [-0.25, -0.2) is 18.1 Å². The zero-order chi connectivity index (χ0) is 16.6. The van der Waals surface area contributed by atoms with E-state index in [2.05, 4.69) is 14.9 Å². The van der Waals surface area contributed by atoms with Gasteiger partial charge in [-0.05, 0) is 38.0 Å².